The number of hydrogen-bond acceptors (Lipinski definition) is 5. The SMILES string of the molecule is CC(O)(CNc1nc2cc(C(F)(F)F)ccc2s1)c1ccco1. The maximum atomic E-state index is 12.7. The molecule has 0 spiro atoms. The lowest BCUT2D eigenvalue weighted by Gasteiger charge is -2.20. The zero-order valence-electron chi connectivity index (χ0n) is 12.0. The topological polar surface area (TPSA) is 58.3 Å². The summed E-state index contributed by atoms with van der Waals surface area (Å²) in [5.74, 6) is 0.394. The van der Waals surface area contributed by atoms with Gasteiger partial charge in [-0.1, -0.05) is 11.3 Å². The fourth-order valence-electron chi connectivity index (χ4n) is 2.10. The van der Waals surface area contributed by atoms with Crippen molar-refractivity contribution in [2.24, 2.45) is 0 Å². The highest BCUT2D eigenvalue weighted by molar-refractivity contribution is 7.22. The van der Waals surface area contributed by atoms with Crippen LogP contribution in [-0.2, 0) is 11.8 Å². The van der Waals surface area contributed by atoms with E-state index in [1.165, 1.54) is 23.7 Å². The van der Waals surface area contributed by atoms with E-state index in [-0.39, 0.29) is 12.1 Å². The maximum Gasteiger partial charge on any atom is 0.416 e. The van der Waals surface area contributed by atoms with Crippen molar-refractivity contribution < 1.29 is 22.7 Å². The van der Waals surface area contributed by atoms with Gasteiger partial charge in [0.15, 0.2) is 5.13 Å². The van der Waals surface area contributed by atoms with Crippen LogP contribution >= 0.6 is 11.3 Å². The van der Waals surface area contributed by atoms with Crippen molar-refractivity contribution in [1.82, 2.24) is 4.98 Å². The second-order valence-electron chi connectivity index (χ2n) is 5.30. The quantitative estimate of drug-likeness (QED) is 0.745. The summed E-state index contributed by atoms with van der Waals surface area (Å²) in [4.78, 5) is 4.14. The summed E-state index contributed by atoms with van der Waals surface area (Å²) in [5, 5.41) is 13.7. The zero-order valence-corrected chi connectivity index (χ0v) is 12.8. The van der Waals surface area contributed by atoms with Gasteiger partial charge in [-0.05, 0) is 37.3 Å². The van der Waals surface area contributed by atoms with E-state index >= 15 is 0 Å². The molecule has 3 aromatic rings. The van der Waals surface area contributed by atoms with Gasteiger partial charge in [-0.25, -0.2) is 4.98 Å². The first-order valence-corrected chi connectivity index (χ1v) is 7.55. The van der Waals surface area contributed by atoms with Gasteiger partial charge in [0.05, 0.1) is 28.6 Å². The van der Waals surface area contributed by atoms with Crippen LogP contribution < -0.4 is 5.32 Å². The largest absolute Gasteiger partial charge is 0.466 e. The summed E-state index contributed by atoms with van der Waals surface area (Å²) in [6, 6.07) is 6.76. The summed E-state index contributed by atoms with van der Waals surface area (Å²) >= 11 is 1.22. The van der Waals surface area contributed by atoms with Gasteiger partial charge in [-0.3, -0.25) is 0 Å². The molecule has 0 aliphatic rings. The molecule has 1 unspecified atom stereocenters. The van der Waals surface area contributed by atoms with Crippen LogP contribution in [0.3, 0.4) is 0 Å². The molecule has 0 radical (unpaired) electrons. The number of fused-ring (bicyclic) bond motifs is 1. The number of aliphatic hydroxyl groups is 1. The minimum atomic E-state index is -4.39. The molecule has 0 saturated carbocycles. The number of rotatable bonds is 4. The fraction of sp³-hybridized carbons (Fsp3) is 0.267. The van der Waals surface area contributed by atoms with E-state index in [0.717, 1.165) is 12.1 Å². The molecule has 0 amide bonds. The van der Waals surface area contributed by atoms with E-state index in [9.17, 15) is 18.3 Å². The van der Waals surface area contributed by atoms with Crippen molar-refractivity contribution in [2.45, 2.75) is 18.7 Å². The van der Waals surface area contributed by atoms with Crippen LogP contribution in [0, 0.1) is 0 Å². The molecular weight excluding hydrogens is 329 g/mol. The Bertz CT molecular complexity index is 810. The monoisotopic (exact) mass is 342 g/mol. The first-order valence-electron chi connectivity index (χ1n) is 6.74. The molecule has 23 heavy (non-hydrogen) atoms. The van der Waals surface area contributed by atoms with Crippen molar-refractivity contribution >= 4 is 26.7 Å². The fourth-order valence-corrected chi connectivity index (χ4v) is 2.94. The minimum absolute atomic E-state index is 0.118. The average molecular weight is 342 g/mol. The Morgan fingerprint density at radius 1 is 1.30 bits per heavy atom. The molecule has 1 aromatic carbocycles. The minimum Gasteiger partial charge on any atom is -0.466 e. The van der Waals surface area contributed by atoms with E-state index in [1.807, 2.05) is 0 Å². The van der Waals surface area contributed by atoms with Crippen molar-refractivity contribution in [3.63, 3.8) is 0 Å². The normalized spacial score (nSPS) is 14.8. The first kappa shape index (κ1) is 15.8. The number of alkyl halides is 3. The van der Waals surface area contributed by atoms with E-state index in [2.05, 4.69) is 10.3 Å². The molecule has 1 atom stereocenters. The van der Waals surface area contributed by atoms with Gasteiger partial charge in [0.1, 0.15) is 11.4 Å². The number of thiazole rings is 1. The van der Waals surface area contributed by atoms with Gasteiger partial charge in [-0.15, -0.1) is 0 Å². The molecular formula is C15H13F3N2O2S. The smallest absolute Gasteiger partial charge is 0.416 e. The predicted molar refractivity (Wildman–Crippen MR) is 81.4 cm³/mol. The Balaban J connectivity index is 1.79. The lowest BCUT2D eigenvalue weighted by molar-refractivity contribution is -0.137. The molecule has 0 bridgehead atoms. The molecule has 0 fully saturated rings. The van der Waals surface area contributed by atoms with Gasteiger partial charge in [0.2, 0.25) is 0 Å². The second-order valence-corrected chi connectivity index (χ2v) is 6.33. The Morgan fingerprint density at radius 2 is 2.09 bits per heavy atom. The Kier molecular flexibility index (Phi) is 3.81. The van der Waals surface area contributed by atoms with Crippen LogP contribution in [0.2, 0.25) is 0 Å². The van der Waals surface area contributed by atoms with Crippen molar-refractivity contribution in [1.29, 1.82) is 0 Å². The van der Waals surface area contributed by atoms with Crippen LogP contribution in [0.25, 0.3) is 10.2 Å². The highest BCUT2D eigenvalue weighted by Gasteiger charge is 2.31. The number of benzene rings is 1. The lowest BCUT2D eigenvalue weighted by Crippen LogP contribution is -2.30. The third-order valence-corrected chi connectivity index (χ3v) is 4.34. The molecule has 2 heterocycles. The summed E-state index contributed by atoms with van der Waals surface area (Å²) in [7, 11) is 0. The number of nitrogens with one attached hydrogen (secondary N) is 1. The third kappa shape index (κ3) is 3.32. The van der Waals surface area contributed by atoms with E-state index in [0.29, 0.717) is 15.6 Å². The second kappa shape index (κ2) is 5.54. The number of aromatic nitrogens is 1. The zero-order chi connectivity index (χ0) is 16.7. The Morgan fingerprint density at radius 3 is 2.74 bits per heavy atom. The Labute approximate surface area is 133 Å². The lowest BCUT2D eigenvalue weighted by atomic mass is 10.0. The number of furan rings is 1. The number of nitrogens with zero attached hydrogens (tertiary/aromatic N) is 1. The van der Waals surface area contributed by atoms with Crippen LogP contribution in [-0.4, -0.2) is 16.6 Å². The van der Waals surface area contributed by atoms with Crippen LogP contribution in [0.1, 0.15) is 18.2 Å². The van der Waals surface area contributed by atoms with Gasteiger partial charge in [0, 0.05) is 0 Å². The van der Waals surface area contributed by atoms with E-state index < -0.39 is 17.3 Å². The molecule has 3 rings (SSSR count). The molecule has 2 N–H and O–H groups in total. The third-order valence-electron chi connectivity index (χ3n) is 3.35. The standard InChI is InChI=1S/C15H13F3N2O2S/c1-14(21,12-3-2-6-22-12)8-19-13-20-10-7-9(15(16,17)18)4-5-11(10)23-13/h2-7,21H,8H2,1H3,(H,19,20). The van der Waals surface area contributed by atoms with Gasteiger partial charge in [-0.2, -0.15) is 13.2 Å². The predicted octanol–water partition coefficient (Wildman–Crippen LogP) is 4.23. The van der Waals surface area contributed by atoms with Crippen molar-refractivity contribution in [3.05, 3.63) is 47.9 Å². The van der Waals surface area contributed by atoms with Crippen LogP contribution in [0.5, 0.6) is 0 Å². The van der Waals surface area contributed by atoms with Crippen LogP contribution in [0.4, 0.5) is 18.3 Å². The molecule has 2 aromatic heterocycles. The average Bonchev–Trinajstić information content (AvgIpc) is 3.12. The summed E-state index contributed by atoms with van der Waals surface area (Å²) in [5.41, 5.74) is -1.72. The molecule has 4 nitrogen and oxygen atoms in total. The van der Waals surface area contributed by atoms with E-state index in [1.54, 1.807) is 19.1 Å². The molecule has 0 aliphatic carbocycles. The highest BCUT2D eigenvalue weighted by Crippen LogP contribution is 2.34. The maximum absolute atomic E-state index is 12.7. The molecule has 8 heteroatoms. The number of hydrogen-bond donors (Lipinski definition) is 2. The summed E-state index contributed by atoms with van der Waals surface area (Å²) < 4.78 is 43.9. The Hall–Kier alpha value is -2.06. The first-order chi connectivity index (χ1) is 10.8. The van der Waals surface area contributed by atoms with E-state index in [4.69, 9.17) is 4.42 Å². The summed E-state index contributed by atoms with van der Waals surface area (Å²) in [6.45, 7) is 1.69. The molecule has 0 aliphatic heterocycles. The molecule has 122 valence electrons. The van der Waals surface area contributed by atoms with Crippen molar-refractivity contribution in [3.8, 4) is 0 Å². The highest BCUT2D eigenvalue weighted by atomic mass is 32.1. The number of halogens is 3. The van der Waals surface area contributed by atoms with Gasteiger partial charge in [0.25, 0.3) is 0 Å². The number of anilines is 1. The summed E-state index contributed by atoms with van der Waals surface area (Å²) in [6.07, 6.45) is -2.94. The molecule has 0 saturated heterocycles. The van der Waals surface area contributed by atoms with Gasteiger partial charge < -0.3 is 14.8 Å². The van der Waals surface area contributed by atoms with Crippen LogP contribution in [0.15, 0.2) is 41.0 Å². The van der Waals surface area contributed by atoms with Crippen molar-refractivity contribution in [2.75, 3.05) is 11.9 Å². The van der Waals surface area contributed by atoms with Gasteiger partial charge >= 0.3 is 6.18 Å².